The topological polar surface area (TPSA) is 0 Å². The summed E-state index contributed by atoms with van der Waals surface area (Å²) in [5, 5.41) is 5.35. The van der Waals surface area contributed by atoms with E-state index in [2.05, 4.69) is 62.8 Å². The van der Waals surface area contributed by atoms with Crippen LogP contribution in [0.5, 0.6) is 0 Å². The second-order valence-corrected chi connectivity index (χ2v) is 7.45. The number of halogens is 2. The molecule has 0 fully saturated rings. The third kappa shape index (κ3) is 4.82. The number of allylic oxidation sites excluding steroid dienone is 6. The van der Waals surface area contributed by atoms with Crippen molar-refractivity contribution < 1.29 is 51.0 Å². The summed E-state index contributed by atoms with van der Waals surface area (Å²) in [4.78, 5) is 0. The van der Waals surface area contributed by atoms with Gasteiger partial charge in [-0.3, -0.25) is 0 Å². The molecule has 0 aromatic rings. The van der Waals surface area contributed by atoms with Crippen molar-refractivity contribution in [1.82, 2.24) is 0 Å². The number of hydrogen-bond acceptors (Lipinski definition) is 2. The minimum atomic E-state index is 0. The van der Waals surface area contributed by atoms with Crippen molar-refractivity contribution in [3.63, 3.8) is 0 Å². The van der Waals surface area contributed by atoms with Crippen LogP contribution in [0.25, 0.3) is 0 Å². The van der Waals surface area contributed by atoms with Crippen LogP contribution in [0.2, 0.25) is 0 Å². The summed E-state index contributed by atoms with van der Waals surface area (Å²) in [5.74, 6) is 0. The van der Waals surface area contributed by atoms with E-state index in [1.165, 1.54) is 33.4 Å². The zero-order chi connectivity index (χ0) is 14.3. The standard InChI is InChI=1S/2C9H9S.2ClH.Zr/c2*1-6-5-8-3-4-10-9(8)7(6)2;;;/h2*4-5,9H,1-2H3;2*1H;/q2*-1;;;+4/p-2. The molecule has 2 atom stereocenters. The first-order valence-electron chi connectivity index (χ1n) is 6.83. The van der Waals surface area contributed by atoms with Crippen LogP contribution in [0, 0.1) is 12.2 Å². The van der Waals surface area contributed by atoms with E-state index in [4.69, 9.17) is 0 Å². The zero-order valence-electron chi connectivity index (χ0n) is 13.5. The third-order valence-corrected chi connectivity index (χ3v) is 6.47. The van der Waals surface area contributed by atoms with E-state index in [1.807, 2.05) is 23.5 Å². The van der Waals surface area contributed by atoms with E-state index < -0.39 is 0 Å². The maximum Gasteiger partial charge on any atom is 4.00 e. The van der Waals surface area contributed by atoms with E-state index in [0.29, 0.717) is 10.5 Å². The molecule has 4 rings (SSSR count). The van der Waals surface area contributed by atoms with Crippen molar-refractivity contribution in [2.45, 2.75) is 38.2 Å². The molecule has 0 amide bonds. The van der Waals surface area contributed by atoms with Crippen molar-refractivity contribution in [3.8, 4) is 0 Å². The number of rotatable bonds is 0. The predicted octanol–water partition coefficient (Wildman–Crippen LogP) is -0.604. The van der Waals surface area contributed by atoms with Crippen LogP contribution in [0.15, 0.2) is 56.4 Å². The van der Waals surface area contributed by atoms with Gasteiger partial charge in [0.05, 0.1) is 0 Å². The van der Waals surface area contributed by atoms with E-state index in [-0.39, 0.29) is 51.0 Å². The van der Waals surface area contributed by atoms with E-state index >= 15 is 0 Å². The number of fused-ring (bicyclic) bond motifs is 2. The average Bonchev–Trinajstić information content (AvgIpc) is 3.13. The Morgan fingerprint density at radius 2 is 1.09 bits per heavy atom. The summed E-state index contributed by atoms with van der Waals surface area (Å²) >= 11 is 3.73. The molecule has 0 radical (unpaired) electrons. The van der Waals surface area contributed by atoms with Gasteiger partial charge in [-0.1, -0.05) is 25.0 Å². The van der Waals surface area contributed by atoms with Gasteiger partial charge in [0.1, 0.15) is 0 Å². The Morgan fingerprint density at radius 3 is 1.39 bits per heavy atom. The fourth-order valence-electron chi connectivity index (χ4n) is 2.65. The van der Waals surface area contributed by atoms with Crippen molar-refractivity contribution in [3.05, 3.63) is 68.6 Å². The Labute approximate surface area is 180 Å². The van der Waals surface area contributed by atoms with Crippen LogP contribution in [0.4, 0.5) is 0 Å². The fourth-order valence-corrected chi connectivity index (χ4v) is 4.68. The number of thioether (sulfide) groups is 2. The summed E-state index contributed by atoms with van der Waals surface area (Å²) in [5.41, 5.74) is 8.57. The van der Waals surface area contributed by atoms with Gasteiger partial charge in [-0.05, 0) is 13.8 Å². The first-order valence-corrected chi connectivity index (χ1v) is 8.72. The van der Waals surface area contributed by atoms with Gasteiger partial charge in [0.25, 0.3) is 0 Å². The van der Waals surface area contributed by atoms with Gasteiger partial charge in [-0.25, -0.2) is 35.5 Å². The minimum absolute atomic E-state index is 0. The maximum absolute atomic E-state index is 3.24. The molecule has 0 nitrogen and oxygen atoms in total. The van der Waals surface area contributed by atoms with Gasteiger partial charge in [0.15, 0.2) is 0 Å². The summed E-state index contributed by atoms with van der Waals surface area (Å²) in [6.07, 6.45) is 10.9. The van der Waals surface area contributed by atoms with Crippen molar-refractivity contribution in [1.29, 1.82) is 0 Å². The van der Waals surface area contributed by atoms with Gasteiger partial charge in [0, 0.05) is 10.5 Å². The van der Waals surface area contributed by atoms with Gasteiger partial charge in [-0.15, -0.1) is 45.5 Å². The normalized spacial score (nSPS) is 25.6. The summed E-state index contributed by atoms with van der Waals surface area (Å²) in [6.45, 7) is 8.75. The second-order valence-electron chi connectivity index (χ2n) is 5.49. The van der Waals surface area contributed by atoms with E-state index in [1.54, 1.807) is 0 Å². The Balaban J connectivity index is 0.000000372. The summed E-state index contributed by atoms with van der Waals surface area (Å²) in [7, 11) is 0. The Hall–Kier alpha value is 0.603. The smallest absolute Gasteiger partial charge is 1.00 e. The molecule has 2 heterocycles. The molecular weight excluding hydrogens is 442 g/mol. The molecule has 0 saturated carbocycles. The minimum Gasteiger partial charge on any atom is -1.00 e. The Morgan fingerprint density at radius 1 is 0.739 bits per heavy atom. The number of hydrogen-bond donors (Lipinski definition) is 0. The fraction of sp³-hybridized carbons (Fsp3) is 0.333. The van der Waals surface area contributed by atoms with Crippen LogP contribution in [0.3, 0.4) is 0 Å². The summed E-state index contributed by atoms with van der Waals surface area (Å²) < 4.78 is 0. The first-order chi connectivity index (χ1) is 9.58. The third-order valence-electron chi connectivity index (χ3n) is 4.20. The molecule has 0 N–H and O–H groups in total. The van der Waals surface area contributed by atoms with E-state index in [9.17, 15) is 0 Å². The van der Waals surface area contributed by atoms with E-state index in [0.717, 1.165) is 0 Å². The van der Waals surface area contributed by atoms with Gasteiger partial charge < -0.3 is 24.8 Å². The average molecular weight is 461 g/mol. The largest absolute Gasteiger partial charge is 4.00 e. The Kier molecular flexibility index (Phi) is 10.2. The van der Waals surface area contributed by atoms with Crippen LogP contribution in [0.1, 0.15) is 27.7 Å². The summed E-state index contributed by atoms with van der Waals surface area (Å²) in [6, 6.07) is 0. The zero-order valence-corrected chi connectivity index (χ0v) is 19.1. The molecule has 0 aromatic carbocycles. The Bertz CT molecular complexity index is 583. The molecular formula is C18H18Cl2S2Zr. The molecule has 0 saturated heterocycles. The van der Waals surface area contributed by atoms with Crippen molar-refractivity contribution in [2.75, 3.05) is 0 Å². The molecule has 0 bridgehead atoms. The monoisotopic (exact) mass is 458 g/mol. The van der Waals surface area contributed by atoms with Crippen LogP contribution in [-0.4, -0.2) is 10.5 Å². The van der Waals surface area contributed by atoms with Crippen LogP contribution in [-0.2, 0) is 26.2 Å². The molecule has 5 heteroatoms. The second kappa shape index (κ2) is 9.92. The maximum atomic E-state index is 3.24. The van der Waals surface area contributed by atoms with Crippen LogP contribution < -0.4 is 24.8 Å². The molecule has 23 heavy (non-hydrogen) atoms. The molecule has 120 valence electrons. The molecule has 2 aliphatic carbocycles. The predicted molar refractivity (Wildman–Crippen MR) is 91.3 cm³/mol. The van der Waals surface area contributed by atoms with Gasteiger partial charge in [0.2, 0.25) is 0 Å². The van der Waals surface area contributed by atoms with Gasteiger partial charge >= 0.3 is 26.2 Å². The SMILES string of the molecule is CC1=C(C)C2SC=[C-]C2=C1.CC1=C(C)C2SC=[C-]C2=C1.[Cl-].[Cl-].[Zr+4]. The van der Waals surface area contributed by atoms with Gasteiger partial charge in [-0.2, -0.15) is 0 Å². The van der Waals surface area contributed by atoms with Crippen molar-refractivity contribution in [2.24, 2.45) is 0 Å². The molecule has 2 aliphatic heterocycles. The first kappa shape index (κ1) is 23.6. The van der Waals surface area contributed by atoms with Crippen molar-refractivity contribution >= 4 is 23.5 Å². The van der Waals surface area contributed by atoms with Crippen LogP contribution >= 0.6 is 23.5 Å². The quantitative estimate of drug-likeness (QED) is 0.443. The molecule has 4 aliphatic rings. The molecule has 0 aromatic heterocycles. The molecule has 2 unspecified atom stereocenters. The molecule has 0 spiro atoms.